The SMILES string of the molecule is COc1ccc(OC)c([C@H](O)CNc2cc3ccccc3c(Cl)n2)c1. The van der Waals surface area contributed by atoms with Crippen LogP contribution >= 0.6 is 11.6 Å². The number of nitrogens with one attached hydrogen (secondary N) is 1. The molecule has 3 aromatic rings. The van der Waals surface area contributed by atoms with Gasteiger partial charge in [-0.1, -0.05) is 35.9 Å². The van der Waals surface area contributed by atoms with Crippen LogP contribution in [0.1, 0.15) is 11.7 Å². The van der Waals surface area contributed by atoms with E-state index in [-0.39, 0.29) is 6.54 Å². The van der Waals surface area contributed by atoms with Gasteiger partial charge in [-0.15, -0.1) is 0 Å². The fourth-order valence-electron chi connectivity index (χ4n) is 2.66. The molecule has 2 N–H and O–H groups in total. The molecular weight excluding hydrogens is 340 g/mol. The Labute approximate surface area is 151 Å². The van der Waals surface area contributed by atoms with Crippen molar-refractivity contribution in [2.45, 2.75) is 6.10 Å². The molecule has 0 unspecified atom stereocenters. The number of aliphatic hydroxyl groups is 1. The Balaban J connectivity index is 1.79. The summed E-state index contributed by atoms with van der Waals surface area (Å²) in [5, 5.41) is 16.0. The van der Waals surface area contributed by atoms with Crippen LogP contribution in [0, 0.1) is 0 Å². The molecule has 0 bridgehead atoms. The zero-order valence-corrected chi connectivity index (χ0v) is 14.7. The first-order valence-corrected chi connectivity index (χ1v) is 8.19. The van der Waals surface area contributed by atoms with Gasteiger partial charge in [-0.05, 0) is 29.7 Å². The van der Waals surface area contributed by atoms with Gasteiger partial charge in [0.2, 0.25) is 0 Å². The number of anilines is 1. The van der Waals surface area contributed by atoms with Crippen LogP contribution in [0.15, 0.2) is 48.5 Å². The summed E-state index contributed by atoms with van der Waals surface area (Å²) in [6.45, 7) is 0.255. The second kappa shape index (κ2) is 7.59. The molecule has 3 rings (SSSR count). The van der Waals surface area contributed by atoms with Crippen molar-refractivity contribution >= 4 is 28.2 Å². The van der Waals surface area contributed by atoms with Gasteiger partial charge in [0.05, 0.1) is 20.3 Å². The lowest BCUT2D eigenvalue weighted by Crippen LogP contribution is -2.14. The van der Waals surface area contributed by atoms with Crippen LogP contribution < -0.4 is 14.8 Å². The molecule has 25 heavy (non-hydrogen) atoms. The summed E-state index contributed by atoms with van der Waals surface area (Å²) in [7, 11) is 3.15. The third kappa shape index (κ3) is 3.78. The monoisotopic (exact) mass is 358 g/mol. The van der Waals surface area contributed by atoms with E-state index in [0.717, 1.165) is 10.8 Å². The van der Waals surface area contributed by atoms with Crippen LogP contribution in [0.4, 0.5) is 5.82 Å². The number of aliphatic hydroxyl groups excluding tert-OH is 1. The van der Waals surface area contributed by atoms with Crippen LogP contribution in [-0.2, 0) is 0 Å². The molecule has 0 fully saturated rings. The standard InChI is InChI=1S/C19H19ClN2O3/c1-24-13-7-8-17(25-2)15(10-13)16(23)11-21-18-9-12-5-3-4-6-14(12)19(20)22-18/h3-10,16,23H,11H2,1-2H3,(H,21,22)/t16-/m1/s1. The molecule has 5 nitrogen and oxygen atoms in total. The lowest BCUT2D eigenvalue weighted by molar-refractivity contribution is 0.186. The normalized spacial score (nSPS) is 12.0. The van der Waals surface area contributed by atoms with Crippen molar-refractivity contribution in [1.82, 2.24) is 4.98 Å². The van der Waals surface area contributed by atoms with Crippen molar-refractivity contribution in [1.29, 1.82) is 0 Å². The first-order valence-electron chi connectivity index (χ1n) is 7.81. The molecule has 6 heteroatoms. The summed E-state index contributed by atoms with van der Waals surface area (Å²) in [6, 6.07) is 15.0. The molecule has 0 spiro atoms. The largest absolute Gasteiger partial charge is 0.497 e. The molecule has 0 aliphatic carbocycles. The van der Waals surface area contributed by atoms with Crippen molar-refractivity contribution in [3.05, 3.63) is 59.2 Å². The quantitative estimate of drug-likeness (QED) is 0.651. The van der Waals surface area contributed by atoms with E-state index in [4.69, 9.17) is 21.1 Å². The molecule has 0 saturated carbocycles. The first kappa shape index (κ1) is 17.3. The van der Waals surface area contributed by atoms with Crippen LogP contribution in [0.25, 0.3) is 10.8 Å². The Kier molecular flexibility index (Phi) is 5.26. The average molecular weight is 359 g/mol. The van der Waals surface area contributed by atoms with Gasteiger partial charge in [-0.2, -0.15) is 0 Å². The highest BCUT2D eigenvalue weighted by Crippen LogP contribution is 2.30. The van der Waals surface area contributed by atoms with E-state index in [9.17, 15) is 5.11 Å². The second-order valence-corrected chi connectivity index (χ2v) is 5.88. The molecule has 1 aromatic heterocycles. The highest BCUT2D eigenvalue weighted by atomic mass is 35.5. The fraction of sp³-hybridized carbons (Fsp3) is 0.211. The topological polar surface area (TPSA) is 63.6 Å². The van der Waals surface area contributed by atoms with Gasteiger partial charge in [0, 0.05) is 17.5 Å². The van der Waals surface area contributed by atoms with Crippen LogP contribution in [0.5, 0.6) is 11.5 Å². The number of aromatic nitrogens is 1. The number of hydrogen-bond donors (Lipinski definition) is 2. The third-order valence-corrected chi connectivity index (χ3v) is 4.25. The molecule has 130 valence electrons. The summed E-state index contributed by atoms with van der Waals surface area (Å²) in [5.74, 6) is 1.85. The number of rotatable bonds is 6. The maximum atomic E-state index is 10.5. The van der Waals surface area contributed by atoms with E-state index >= 15 is 0 Å². The summed E-state index contributed by atoms with van der Waals surface area (Å²) in [5.41, 5.74) is 0.640. The predicted octanol–water partition coefficient (Wildman–Crippen LogP) is 4.05. The highest BCUT2D eigenvalue weighted by molar-refractivity contribution is 6.34. The molecular formula is C19H19ClN2O3. The highest BCUT2D eigenvalue weighted by Gasteiger charge is 2.15. The number of ether oxygens (including phenoxy) is 2. The maximum absolute atomic E-state index is 10.5. The Bertz CT molecular complexity index is 886. The minimum atomic E-state index is -0.794. The number of pyridine rings is 1. The van der Waals surface area contributed by atoms with Crippen LogP contribution in [0.3, 0.4) is 0 Å². The van der Waals surface area contributed by atoms with Gasteiger partial charge in [-0.3, -0.25) is 0 Å². The van der Waals surface area contributed by atoms with Crippen molar-refractivity contribution in [2.75, 3.05) is 26.1 Å². The van der Waals surface area contributed by atoms with Gasteiger partial charge < -0.3 is 19.9 Å². The smallest absolute Gasteiger partial charge is 0.139 e. The molecule has 1 atom stereocenters. The number of benzene rings is 2. The zero-order chi connectivity index (χ0) is 17.8. The van der Waals surface area contributed by atoms with Gasteiger partial charge in [0.25, 0.3) is 0 Å². The Morgan fingerprint density at radius 2 is 1.92 bits per heavy atom. The number of fused-ring (bicyclic) bond motifs is 1. The number of hydrogen-bond acceptors (Lipinski definition) is 5. The molecule has 0 aliphatic heterocycles. The number of methoxy groups -OCH3 is 2. The fourth-order valence-corrected chi connectivity index (χ4v) is 2.92. The zero-order valence-electron chi connectivity index (χ0n) is 14.0. The van der Waals surface area contributed by atoms with Crippen molar-refractivity contribution in [2.24, 2.45) is 0 Å². The predicted molar refractivity (Wildman–Crippen MR) is 99.7 cm³/mol. The molecule has 1 heterocycles. The Morgan fingerprint density at radius 3 is 2.68 bits per heavy atom. The van der Waals surface area contributed by atoms with E-state index in [2.05, 4.69) is 10.3 Å². The van der Waals surface area contributed by atoms with Crippen LogP contribution in [0.2, 0.25) is 5.15 Å². The third-order valence-electron chi connectivity index (χ3n) is 3.97. The minimum Gasteiger partial charge on any atom is -0.497 e. The number of halogens is 1. The van der Waals surface area contributed by atoms with Gasteiger partial charge in [0.15, 0.2) is 0 Å². The number of nitrogens with zero attached hydrogens (tertiary/aromatic N) is 1. The van der Waals surface area contributed by atoms with Gasteiger partial charge in [0.1, 0.15) is 22.5 Å². The molecule has 0 amide bonds. The van der Waals surface area contributed by atoms with E-state index in [1.807, 2.05) is 30.3 Å². The van der Waals surface area contributed by atoms with Crippen molar-refractivity contribution in [3.8, 4) is 11.5 Å². The maximum Gasteiger partial charge on any atom is 0.139 e. The summed E-state index contributed by atoms with van der Waals surface area (Å²) < 4.78 is 10.5. The Hall–Kier alpha value is -2.50. The summed E-state index contributed by atoms with van der Waals surface area (Å²) >= 11 is 6.23. The van der Waals surface area contributed by atoms with Crippen molar-refractivity contribution < 1.29 is 14.6 Å². The van der Waals surface area contributed by atoms with E-state index < -0.39 is 6.10 Å². The molecule has 0 radical (unpaired) electrons. The average Bonchev–Trinajstić information content (AvgIpc) is 2.65. The Morgan fingerprint density at radius 1 is 1.12 bits per heavy atom. The van der Waals surface area contributed by atoms with E-state index in [1.165, 1.54) is 0 Å². The van der Waals surface area contributed by atoms with E-state index in [1.54, 1.807) is 32.4 Å². The second-order valence-electron chi connectivity index (χ2n) is 5.52. The summed E-state index contributed by atoms with van der Waals surface area (Å²) in [4.78, 5) is 4.33. The van der Waals surface area contributed by atoms with Crippen molar-refractivity contribution in [3.63, 3.8) is 0 Å². The van der Waals surface area contributed by atoms with Gasteiger partial charge in [-0.25, -0.2) is 4.98 Å². The molecule has 0 saturated heterocycles. The lowest BCUT2D eigenvalue weighted by Gasteiger charge is -2.17. The lowest BCUT2D eigenvalue weighted by atomic mass is 10.1. The van der Waals surface area contributed by atoms with E-state index in [0.29, 0.717) is 28.0 Å². The van der Waals surface area contributed by atoms with Crippen LogP contribution in [-0.4, -0.2) is 30.9 Å². The minimum absolute atomic E-state index is 0.255. The molecule has 2 aromatic carbocycles. The first-order chi connectivity index (χ1) is 12.1. The summed E-state index contributed by atoms with van der Waals surface area (Å²) in [6.07, 6.45) is -0.794. The van der Waals surface area contributed by atoms with Gasteiger partial charge >= 0.3 is 0 Å². The molecule has 0 aliphatic rings.